The number of rotatable bonds is 8. The van der Waals surface area contributed by atoms with Crippen molar-refractivity contribution in [3.63, 3.8) is 0 Å². The van der Waals surface area contributed by atoms with Crippen molar-refractivity contribution in [1.29, 1.82) is 0 Å². The SMILES string of the molecule is CCCn1nnnc1C(NCC1CC2(C1)CC2F)c1cc(C2CCC2)on1. The Morgan fingerprint density at radius 3 is 2.85 bits per heavy atom. The molecule has 2 atom stereocenters. The molecule has 146 valence electrons. The molecule has 3 saturated carbocycles. The molecule has 2 aromatic rings. The number of alkyl halides is 1. The van der Waals surface area contributed by atoms with Crippen LogP contribution in [0.15, 0.2) is 10.6 Å². The summed E-state index contributed by atoms with van der Waals surface area (Å²) >= 11 is 0. The largest absolute Gasteiger partial charge is 0.361 e. The molecule has 2 unspecified atom stereocenters. The molecule has 0 saturated heterocycles. The molecule has 1 spiro atoms. The summed E-state index contributed by atoms with van der Waals surface area (Å²) in [6.45, 7) is 3.70. The van der Waals surface area contributed by atoms with Gasteiger partial charge in [-0.15, -0.1) is 5.10 Å². The molecule has 2 heterocycles. The van der Waals surface area contributed by atoms with Crippen molar-refractivity contribution in [2.75, 3.05) is 6.54 Å². The number of hydrogen-bond acceptors (Lipinski definition) is 6. The maximum absolute atomic E-state index is 13.5. The van der Waals surface area contributed by atoms with Crippen LogP contribution in [-0.2, 0) is 6.54 Å². The second kappa shape index (κ2) is 6.65. The summed E-state index contributed by atoms with van der Waals surface area (Å²) in [6, 6.07) is 1.87. The molecule has 3 aliphatic rings. The smallest absolute Gasteiger partial charge is 0.174 e. The summed E-state index contributed by atoms with van der Waals surface area (Å²) in [5.41, 5.74) is 0.865. The van der Waals surface area contributed by atoms with E-state index in [0.717, 1.165) is 56.1 Å². The van der Waals surface area contributed by atoms with Gasteiger partial charge in [0, 0.05) is 23.9 Å². The summed E-state index contributed by atoms with van der Waals surface area (Å²) in [7, 11) is 0. The van der Waals surface area contributed by atoms with Gasteiger partial charge in [-0.3, -0.25) is 0 Å². The first kappa shape index (κ1) is 17.3. The highest BCUT2D eigenvalue weighted by Crippen LogP contribution is 2.64. The molecule has 0 aliphatic heterocycles. The van der Waals surface area contributed by atoms with Gasteiger partial charge in [0.15, 0.2) is 5.82 Å². The Hall–Kier alpha value is -1.83. The van der Waals surface area contributed by atoms with E-state index in [-0.39, 0.29) is 11.5 Å². The van der Waals surface area contributed by atoms with Gasteiger partial charge < -0.3 is 9.84 Å². The number of hydrogen-bond donors (Lipinski definition) is 1. The van der Waals surface area contributed by atoms with Crippen LogP contribution in [0.5, 0.6) is 0 Å². The zero-order chi connectivity index (χ0) is 18.4. The molecule has 0 bridgehead atoms. The molecule has 7 nitrogen and oxygen atoms in total. The highest BCUT2D eigenvalue weighted by Gasteiger charge is 2.62. The van der Waals surface area contributed by atoms with Crippen molar-refractivity contribution in [2.45, 2.75) is 76.5 Å². The number of aryl methyl sites for hydroxylation is 1. The first-order valence-corrected chi connectivity index (χ1v) is 10.3. The van der Waals surface area contributed by atoms with E-state index in [1.165, 1.54) is 19.3 Å². The van der Waals surface area contributed by atoms with Crippen LogP contribution in [0.4, 0.5) is 4.39 Å². The quantitative estimate of drug-likeness (QED) is 0.764. The van der Waals surface area contributed by atoms with E-state index in [0.29, 0.717) is 11.8 Å². The van der Waals surface area contributed by atoms with Crippen LogP contribution in [0.3, 0.4) is 0 Å². The van der Waals surface area contributed by atoms with Crippen molar-refractivity contribution in [2.24, 2.45) is 11.3 Å². The van der Waals surface area contributed by atoms with Crippen molar-refractivity contribution in [1.82, 2.24) is 30.7 Å². The zero-order valence-corrected chi connectivity index (χ0v) is 15.8. The average molecular weight is 374 g/mol. The summed E-state index contributed by atoms with van der Waals surface area (Å²) in [5, 5.41) is 20.2. The second-order valence-corrected chi connectivity index (χ2v) is 8.69. The number of tetrazole rings is 1. The molecule has 2 aromatic heterocycles. The number of aromatic nitrogens is 5. The van der Waals surface area contributed by atoms with Gasteiger partial charge >= 0.3 is 0 Å². The van der Waals surface area contributed by atoms with Gasteiger partial charge in [0.2, 0.25) is 0 Å². The third-order valence-corrected chi connectivity index (χ3v) is 6.69. The third-order valence-electron chi connectivity index (χ3n) is 6.69. The Balaban J connectivity index is 1.32. The third kappa shape index (κ3) is 3.07. The van der Waals surface area contributed by atoms with Gasteiger partial charge in [-0.2, -0.15) is 0 Å². The fourth-order valence-corrected chi connectivity index (χ4v) is 4.68. The Bertz CT molecular complexity index is 794. The first-order valence-electron chi connectivity index (χ1n) is 10.3. The van der Waals surface area contributed by atoms with Crippen molar-refractivity contribution in [3.05, 3.63) is 23.3 Å². The fourth-order valence-electron chi connectivity index (χ4n) is 4.68. The minimum Gasteiger partial charge on any atom is -0.361 e. The van der Waals surface area contributed by atoms with Crippen LogP contribution >= 0.6 is 0 Å². The minimum absolute atomic E-state index is 0.0247. The van der Waals surface area contributed by atoms with Gasteiger partial charge in [-0.05, 0) is 61.4 Å². The molecule has 5 rings (SSSR count). The molecular weight excluding hydrogens is 347 g/mol. The molecule has 27 heavy (non-hydrogen) atoms. The standard InChI is InChI=1S/C19H27FN6O/c1-2-6-26-18(22-24-25-26)17(14-7-15(27-23-14)13-4-3-5-13)21-11-12-8-19(9-12)10-16(19)20/h7,12-13,16-17,21H,2-6,8-11H2,1H3. The predicted octanol–water partition coefficient (Wildman–Crippen LogP) is 3.16. The molecule has 0 radical (unpaired) electrons. The Morgan fingerprint density at radius 2 is 2.19 bits per heavy atom. The lowest BCUT2D eigenvalue weighted by Crippen LogP contribution is -2.38. The van der Waals surface area contributed by atoms with Gasteiger partial charge in [0.05, 0.1) is 0 Å². The van der Waals surface area contributed by atoms with Crippen molar-refractivity contribution in [3.8, 4) is 0 Å². The molecule has 8 heteroatoms. The second-order valence-electron chi connectivity index (χ2n) is 8.69. The van der Waals surface area contributed by atoms with Crippen LogP contribution in [0.2, 0.25) is 0 Å². The van der Waals surface area contributed by atoms with E-state index in [1.54, 1.807) is 0 Å². The van der Waals surface area contributed by atoms with Crippen LogP contribution in [0.1, 0.15) is 81.1 Å². The topological polar surface area (TPSA) is 81.7 Å². The van der Waals surface area contributed by atoms with Crippen LogP contribution in [0.25, 0.3) is 0 Å². The van der Waals surface area contributed by atoms with E-state index in [4.69, 9.17) is 4.52 Å². The number of nitrogens with one attached hydrogen (secondary N) is 1. The average Bonchev–Trinajstić information content (AvgIpc) is 2.94. The van der Waals surface area contributed by atoms with Gasteiger partial charge in [-0.1, -0.05) is 18.5 Å². The molecular formula is C19H27FN6O. The van der Waals surface area contributed by atoms with E-state index in [1.807, 2.05) is 4.68 Å². The molecule has 0 amide bonds. The van der Waals surface area contributed by atoms with E-state index in [9.17, 15) is 4.39 Å². The zero-order valence-electron chi connectivity index (χ0n) is 15.8. The molecule has 1 N–H and O–H groups in total. The molecule has 0 aromatic carbocycles. The lowest BCUT2D eigenvalue weighted by molar-refractivity contribution is 0.130. The normalized spacial score (nSPS) is 30.9. The van der Waals surface area contributed by atoms with Crippen LogP contribution in [0, 0.1) is 11.3 Å². The Kier molecular flexibility index (Phi) is 4.26. The summed E-state index contributed by atoms with van der Waals surface area (Å²) in [5.74, 6) is 2.76. The minimum atomic E-state index is -0.568. The van der Waals surface area contributed by atoms with Crippen molar-refractivity contribution >= 4 is 0 Å². The summed E-state index contributed by atoms with van der Waals surface area (Å²) < 4.78 is 20.9. The molecule has 3 aliphatic carbocycles. The van der Waals surface area contributed by atoms with Crippen LogP contribution in [-0.4, -0.2) is 38.1 Å². The predicted molar refractivity (Wildman–Crippen MR) is 95.7 cm³/mol. The van der Waals surface area contributed by atoms with Gasteiger partial charge in [-0.25, -0.2) is 9.07 Å². The van der Waals surface area contributed by atoms with Crippen LogP contribution < -0.4 is 5.32 Å². The Labute approximate surface area is 158 Å². The number of halogens is 1. The first-order chi connectivity index (χ1) is 13.2. The van der Waals surface area contributed by atoms with E-state index >= 15 is 0 Å². The monoisotopic (exact) mass is 374 g/mol. The lowest BCUT2D eigenvalue weighted by atomic mass is 9.71. The van der Waals surface area contributed by atoms with E-state index in [2.05, 4.69) is 39.0 Å². The van der Waals surface area contributed by atoms with Crippen molar-refractivity contribution < 1.29 is 8.91 Å². The highest BCUT2D eigenvalue weighted by atomic mass is 19.1. The van der Waals surface area contributed by atoms with E-state index < -0.39 is 6.17 Å². The van der Waals surface area contributed by atoms with Gasteiger partial charge in [0.1, 0.15) is 23.7 Å². The Morgan fingerprint density at radius 1 is 1.37 bits per heavy atom. The summed E-state index contributed by atoms with van der Waals surface area (Å²) in [4.78, 5) is 0. The highest BCUT2D eigenvalue weighted by molar-refractivity contribution is 5.20. The summed E-state index contributed by atoms with van der Waals surface area (Å²) in [6.07, 6.45) is 6.73. The lowest BCUT2D eigenvalue weighted by Gasteiger charge is -2.36. The molecule has 3 fully saturated rings. The maximum atomic E-state index is 13.5. The van der Waals surface area contributed by atoms with Gasteiger partial charge in [0.25, 0.3) is 0 Å². The fraction of sp³-hybridized carbons (Fsp3) is 0.789. The maximum Gasteiger partial charge on any atom is 0.174 e. The number of nitrogens with zero attached hydrogens (tertiary/aromatic N) is 5.